The lowest BCUT2D eigenvalue weighted by Crippen LogP contribution is -2.49. The van der Waals surface area contributed by atoms with Gasteiger partial charge in [-0.25, -0.2) is 14.1 Å². The number of piperazine rings is 1. The van der Waals surface area contributed by atoms with Crippen LogP contribution in [0, 0.1) is 12.7 Å². The normalized spacial score (nSPS) is 14.8. The first-order valence-corrected chi connectivity index (χ1v) is 11.0. The first-order chi connectivity index (χ1) is 14.6. The third-order valence-electron chi connectivity index (χ3n) is 5.11. The highest BCUT2D eigenvalue weighted by Gasteiger charge is 2.25. The predicted octanol–water partition coefficient (Wildman–Crippen LogP) is 3.26. The Morgan fingerprint density at radius 2 is 1.73 bits per heavy atom. The first kappa shape index (κ1) is 20.6. The zero-order valence-corrected chi connectivity index (χ0v) is 17.7. The lowest BCUT2D eigenvalue weighted by molar-refractivity contribution is 0.0632. The second kappa shape index (κ2) is 9.40. The zero-order valence-electron chi connectivity index (χ0n) is 16.9. The summed E-state index contributed by atoms with van der Waals surface area (Å²) >= 11 is 1.85. The van der Waals surface area contributed by atoms with Crippen molar-refractivity contribution in [3.05, 3.63) is 72.1 Å². The molecule has 2 aromatic carbocycles. The van der Waals surface area contributed by atoms with Gasteiger partial charge >= 0.3 is 0 Å². The van der Waals surface area contributed by atoms with Crippen molar-refractivity contribution < 1.29 is 9.18 Å². The van der Waals surface area contributed by atoms with E-state index >= 15 is 0 Å². The monoisotopic (exact) mass is 425 g/mol. The van der Waals surface area contributed by atoms with E-state index in [1.807, 2.05) is 22.7 Å². The molecule has 1 aromatic heterocycles. The Hall–Kier alpha value is -2.71. The molecule has 0 unspecified atom stereocenters. The van der Waals surface area contributed by atoms with E-state index in [0.717, 1.165) is 25.4 Å². The molecule has 0 saturated carbocycles. The summed E-state index contributed by atoms with van der Waals surface area (Å²) in [6.45, 7) is 5.81. The SMILES string of the molecule is Cc1nc(C(=O)N2CCN(CCSc3ccccc3)CC2)nn1-c1ccc(F)cc1. The van der Waals surface area contributed by atoms with Crippen molar-refractivity contribution in [2.24, 2.45) is 0 Å². The molecule has 1 fully saturated rings. The number of carbonyl (C=O) groups excluding carboxylic acids is 1. The average Bonchev–Trinajstić information content (AvgIpc) is 3.17. The molecule has 8 heteroatoms. The van der Waals surface area contributed by atoms with E-state index in [0.29, 0.717) is 24.6 Å². The van der Waals surface area contributed by atoms with Crippen LogP contribution < -0.4 is 0 Å². The third kappa shape index (κ3) is 4.88. The summed E-state index contributed by atoms with van der Waals surface area (Å²) in [7, 11) is 0. The van der Waals surface area contributed by atoms with Crippen LogP contribution in [0.5, 0.6) is 0 Å². The van der Waals surface area contributed by atoms with E-state index in [-0.39, 0.29) is 17.5 Å². The van der Waals surface area contributed by atoms with Gasteiger partial charge < -0.3 is 4.90 Å². The molecular weight excluding hydrogens is 401 g/mol. The van der Waals surface area contributed by atoms with Crippen molar-refractivity contribution in [1.82, 2.24) is 24.6 Å². The maximum atomic E-state index is 13.2. The van der Waals surface area contributed by atoms with Crippen molar-refractivity contribution in [2.75, 3.05) is 38.5 Å². The summed E-state index contributed by atoms with van der Waals surface area (Å²) in [5.41, 5.74) is 0.682. The molecule has 3 aromatic rings. The van der Waals surface area contributed by atoms with Gasteiger partial charge in [-0.3, -0.25) is 9.69 Å². The summed E-state index contributed by atoms with van der Waals surface area (Å²) in [6, 6.07) is 16.4. The molecule has 0 spiro atoms. The van der Waals surface area contributed by atoms with Crippen LogP contribution in [0.15, 0.2) is 59.5 Å². The fourth-order valence-corrected chi connectivity index (χ4v) is 4.37. The number of carbonyl (C=O) groups is 1. The Morgan fingerprint density at radius 3 is 2.43 bits per heavy atom. The molecule has 0 radical (unpaired) electrons. The van der Waals surface area contributed by atoms with Crippen LogP contribution in [-0.4, -0.2) is 68.9 Å². The summed E-state index contributed by atoms with van der Waals surface area (Å²) in [4.78, 5) is 22.7. The molecule has 0 atom stereocenters. The van der Waals surface area contributed by atoms with Gasteiger partial charge in [0.1, 0.15) is 11.6 Å². The summed E-state index contributed by atoms with van der Waals surface area (Å²) < 4.78 is 14.7. The van der Waals surface area contributed by atoms with Crippen LogP contribution in [0.1, 0.15) is 16.4 Å². The van der Waals surface area contributed by atoms with E-state index in [1.165, 1.54) is 17.0 Å². The Bertz CT molecular complexity index is 985. The van der Waals surface area contributed by atoms with Crippen LogP contribution in [0.2, 0.25) is 0 Å². The van der Waals surface area contributed by atoms with E-state index in [1.54, 1.807) is 23.7 Å². The molecule has 1 aliphatic heterocycles. The second-order valence-corrected chi connectivity index (χ2v) is 8.33. The molecule has 1 aliphatic rings. The second-order valence-electron chi connectivity index (χ2n) is 7.17. The van der Waals surface area contributed by atoms with Crippen LogP contribution in [0.3, 0.4) is 0 Å². The lowest BCUT2D eigenvalue weighted by Gasteiger charge is -2.34. The highest BCUT2D eigenvalue weighted by atomic mass is 32.2. The van der Waals surface area contributed by atoms with Gasteiger partial charge in [0.2, 0.25) is 5.82 Å². The van der Waals surface area contributed by atoms with Crippen molar-refractivity contribution in [1.29, 1.82) is 0 Å². The highest BCUT2D eigenvalue weighted by molar-refractivity contribution is 7.99. The van der Waals surface area contributed by atoms with Crippen LogP contribution in [0.25, 0.3) is 5.69 Å². The Kier molecular flexibility index (Phi) is 6.44. The minimum absolute atomic E-state index is 0.155. The highest BCUT2D eigenvalue weighted by Crippen LogP contribution is 2.17. The van der Waals surface area contributed by atoms with Gasteiger partial charge in [0.25, 0.3) is 5.91 Å². The maximum Gasteiger partial charge on any atom is 0.293 e. The number of nitrogens with zero attached hydrogens (tertiary/aromatic N) is 5. The fraction of sp³-hybridized carbons (Fsp3) is 0.318. The van der Waals surface area contributed by atoms with Gasteiger partial charge in [0, 0.05) is 43.4 Å². The number of benzene rings is 2. The van der Waals surface area contributed by atoms with E-state index < -0.39 is 0 Å². The van der Waals surface area contributed by atoms with Gasteiger partial charge in [0.15, 0.2) is 0 Å². The number of hydrogen-bond donors (Lipinski definition) is 0. The third-order valence-corrected chi connectivity index (χ3v) is 6.10. The number of amides is 1. The summed E-state index contributed by atoms with van der Waals surface area (Å²) in [5.74, 6) is 1.34. The van der Waals surface area contributed by atoms with Crippen molar-refractivity contribution in [3.8, 4) is 5.69 Å². The molecular formula is C22H24FN5OS. The molecule has 1 saturated heterocycles. The van der Waals surface area contributed by atoms with Crippen molar-refractivity contribution in [2.45, 2.75) is 11.8 Å². The lowest BCUT2D eigenvalue weighted by atomic mass is 10.3. The van der Waals surface area contributed by atoms with Gasteiger partial charge in [-0.1, -0.05) is 18.2 Å². The summed E-state index contributed by atoms with van der Waals surface area (Å²) in [5, 5.41) is 4.36. The largest absolute Gasteiger partial charge is 0.333 e. The molecule has 156 valence electrons. The van der Waals surface area contributed by atoms with E-state index in [4.69, 9.17) is 0 Å². The van der Waals surface area contributed by atoms with Gasteiger partial charge in [-0.05, 0) is 43.3 Å². The van der Waals surface area contributed by atoms with Crippen LogP contribution in [0.4, 0.5) is 4.39 Å². The molecule has 30 heavy (non-hydrogen) atoms. The smallest absolute Gasteiger partial charge is 0.293 e. The first-order valence-electron chi connectivity index (χ1n) is 9.99. The Balaban J connectivity index is 1.30. The predicted molar refractivity (Wildman–Crippen MR) is 116 cm³/mol. The maximum absolute atomic E-state index is 13.2. The molecule has 6 nitrogen and oxygen atoms in total. The minimum atomic E-state index is -0.312. The molecule has 4 rings (SSSR count). The van der Waals surface area contributed by atoms with Crippen LogP contribution >= 0.6 is 11.8 Å². The van der Waals surface area contributed by atoms with Gasteiger partial charge in [-0.15, -0.1) is 16.9 Å². The van der Waals surface area contributed by atoms with Crippen molar-refractivity contribution in [3.63, 3.8) is 0 Å². The Morgan fingerprint density at radius 1 is 1.03 bits per heavy atom. The molecule has 0 bridgehead atoms. The van der Waals surface area contributed by atoms with Gasteiger partial charge in [0.05, 0.1) is 5.69 Å². The topological polar surface area (TPSA) is 54.3 Å². The number of aromatic nitrogens is 3. The standard InChI is InChI=1S/C22H24FN5OS/c1-17-24-21(25-28(17)19-9-7-18(23)8-10-19)22(29)27-13-11-26(12-14-27)15-16-30-20-5-3-2-4-6-20/h2-10H,11-16H2,1H3. The zero-order chi connectivity index (χ0) is 20.9. The number of aryl methyl sites for hydroxylation is 1. The van der Waals surface area contributed by atoms with Crippen molar-refractivity contribution >= 4 is 17.7 Å². The van der Waals surface area contributed by atoms with E-state index in [2.05, 4.69) is 39.2 Å². The molecule has 2 heterocycles. The van der Waals surface area contributed by atoms with E-state index in [9.17, 15) is 9.18 Å². The number of hydrogen-bond acceptors (Lipinski definition) is 5. The number of halogens is 1. The molecule has 0 N–H and O–H groups in total. The fourth-order valence-electron chi connectivity index (χ4n) is 3.43. The minimum Gasteiger partial charge on any atom is -0.333 e. The van der Waals surface area contributed by atoms with Gasteiger partial charge in [-0.2, -0.15) is 0 Å². The molecule has 0 aliphatic carbocycles. The quantitative estimate of drug-likeness (QED) is 0.568. The summed E-state index contributed by atoms with van der Waals surface area (Å²) in [6.07, 6.45) is 0. The number of thioether (sulfide) groups is 1. The number of rotatable bonds is 6. The average molecular weight is 426 g/mol. The Labute approximate surface area is 179 Å². The van der Waals surface area contributed by atoms with Crippen LogP contribution in [-0.2, 0) is 0 Å². The molecule has 1 amide bonds.